The number of nitrogens with zero attached hydrogens (tertiary/aromatic N) is 1. The Bertz CT molecular complexity index is 400. The monoisotopic (exact) mass is 296 g/mol. The van der Waals surface area contributed by atoms with Crippen molar-refractivity contribution < 1.29 is 14.3 Å². The molecule has 1 aliphatic heterocycles. The van der Waals surface area contributed by atoms with Crippen LogP contribution < -0.4 is 5.32 Å². The van der Waals surface area contributed by atoms with Gasteiger partial charge in [0.15, 0.2) is 0 Å². The van der Waals surface area contributed by atoms with Crippen molar-refractivity contribution in [2.45, 2.75) is 57.9 Å². The topological polar surface area (TPSA) is 58.6 Å². The van der Waals surface area contributed by atoms with Gasteiger partial charge in [0.05, 0.1) is 0 Å². The molecule has 0 aromatic carbocycles. The summed E-state index contributed by atoms with van der Waals surface area (Å²) in [6.45, 7) is 6.00. The Balaban J connectivity index is 2.11. The first-order valence-corrected chi connectivity index (χ1v) is 8.10. The summed E-state index contributed by atoms with van der Waals surface area (Å²) >= 11 is 0. The molecule has 1 saturated carbocycles. The minimum Gasteiger partial charge on any atom is -0.385 e. The first-order chi connectivity index (χ1) is 10.0. The number of methoxy groups -OCH3 is 1. The third-order valence-electron chi connectivity index (χ3n) is 5.21. The van der Waals surface area contributed by atoms with Crippen LogP contribution in [-0.2, 0) is 14.3 Å². The van der Waals surface area contributed by atoms with E-state index in [0.717, 1.165) is 32.4 Å². The van der Waals surface area contributed by atoms with Gasteiger partial charge in [-0.3, -0.25) is 9.59 Å². The molecule has 21 heavy (non-hydrogen) atoms. The smallest absolute Gasteiger partial charge is 0.248 e. The Labute approximate surface area is 127 Å². The summed E-state index contributed by atoms with van der Waals surface area (Å²) in [7, 11) is 1.72. The molecular weight excluding hydrogens is 268 g/mol. The third-order valence-corrected chi connectivity index (χ3v) is 5.21. The van der Waals surface area contributed by atoms with Gasteiger partial charge in [0, 0.05) is 33.2 Å². The molecule has 1 aliphatic carbocycles. The number of nitrogens with one attached hydrogen (secondary N) is 1. The second-order valence-electron chi connectivity index (χ2n) is 6.56. The summed E-state index contributed by atoms with van der Waals surface area (Å²) in [5, 5.41) is 2.97. The molecule has 1 heterocycles. The molecule has 5 heteroatoms. The van der Waals surface area contributed by atoms with Crippen LogP contribution in [-0.4, -0.2) is 49.1 Å². The fourth-order valence-electron chi connectivity index (χ4n) is 3.29. The molecule has 0 unspecified atom stereocenters. The molecule has 1 saturated heterocycles. The van der Waals surface area contributed by atoms with Crippen molar-refractivity contribution in [3.8, 4) is 0 Å². The van der Waals surface area contributed by atoms with E-state index >= 15 is 0 Å². The quantitative estimate of drug-likeness (QED) is 0.778. The van der Waals surface area contributed by atoms with Crippen LogP contribution >= 0.6 is 0 Å². The molecule has 0 radical (unpaired) electrons. The van der Waals surface area contributed by atoms with Crippen LogP contribution in [0.15, 0.2) is 0 Å². The van der Waals surface area contributed by atoms with E-state index in [1.165, 1.54) is 0 Å². The van der Waals surface area contributed by atoms with Crippen molar-refractivity contribution in [1.29, 1.82) is 0 Å². The molecule has 2 rings (SSSR count). The van der Waals surface area contributed by atoms with Crippen LogP contribution in [0.2, 0.25) is 0 Å². The van der Waals surface area contributed by atoms with Gasteiger partial charge in [0.25, 0.3) is 0 Å². The number of carbonyl (C=O) groups is 2. The standard InChI is InChI=1S/C16H28N2O3/c1-4-16(5-2)14(20)18(10-6-13(19)17-16)12-15(7-8-15)9-11-21-3/h4-12H2,1-3H3,(H,17,19). The van der Waals surface area contributed by atoms with Crippen LogP contribution in [0.25, 0.3) is 0 Å². The lowest BCUT2D eigenvalue weighted by Crippen LogP contribution is -2.57. The molecule has 0 aromatic heterocycles. The third kappa shape index (κ3) is 3.39. The minimum atomic E-state index is -0.703. The number of rotatable bonds is 7. The van der Waals surface area contributed by atoms with E-state index in [-0.39, 0.29) is 17.2 Å². The highest BCUT2D eigenvalue weighted by molar-refractivity contribution is 5.93. The van der Waals surface area contributed by atoms with Gasteiger partial charge in [-0.2, -0.15) is 0 Å². The molecule has 120 valence electrons. The van der Waals surface area contributed by atoms with Crippen molar-refractivity contribution in [2.75, 3.05) is 26.8 Å². The predicted octanol–water partition coefficient (Wildman–Crippen LogP) is 1.71. The lowest BCUT2D eigenvalue weighted by Gasteiger charge is -2.35. The number of hydrogen-bond acceptors (Lipinski definition) is 3. The SMILES string of the molecule is CCC1(CC)NC(=O)CCN(CC2(CCOC)CC2)C1=O. The number of carbonyl (C=O) groups excluding carboxylic acids is 2. The maximum absolute atomic E-state index is 12.9. The van der Waals surface area contributed by atoms with E-state index in [0.29, 0.717) is 25.8 Å². The highest BCUT2D eigenvalue weighted by Gasteiger charge is 2.48. The molecule has 2 amide bonds. The molecule has 2 fully saturated rings. The zero-order valence-electron chi connectivity index (χ0n) is 13.5. The minimum absolute atomic E-state index is 0.00344. The first kappa shape index (κ1) is 16.3. The Morgan fingerprint density at radius 3 is 2.43 bits per heavy atom. The van der Waals surface area contributed by atoms with Crippen molar-refractivity contribution >= 4 is 11.8 Å². The molecule has 0 spiro atoms. The van der Waals surface area contributed by atoms with Crippen molar-refractivity contribution in [1.82, 2.24) is 10.2 Å². The van der Waals surface area contributed by atoms with E-state index in [2.05, 4.69) is 5.32 Å². The van der Waals surface area contributed by atoms with Crippen molar-refractivity contribution in [3.05, 3.63) is 0 Å². The van der Waals surface area contributed by atoms with Crippen molar-refractivity contribution in [3.63, 3.8) is 0 Å². The average Bonchev–Trinajstić information content (AvgIpc) is 3.27. The second-order valence-corrected chi connectivity index (χ2v) is 6.56. The maximum atomic E-state index is 12.9. The molecule has 0 bridgehead atoms. The molecule has 0 aromatic rings. The Kier molecular flexibility index (Phi) is 4.91. The van der Waals surface area contributed by atoms with Crippen molar-refractivity contribution in [2.24, 2.45) is 5.41 Å². The summed E-state index contributed by atoms with van der Waals surface area (Å²) in [4.78, 5) is 26.8. The summed E-state index contributed by atoms with van der Waals surface area (Å²) < 4.78 is 5.19. The van der Waals surface area contributed by atoms with Crippen LogP contribution in [0, 0.1) is 5.41 Å². The summed E-state index contributed by atoms with van der Waals surface area (Å²) in [6, 6.07) is 0. The number of amides is 2. The van der Waals surface area contributed by atoms with E-state index in [4.69, 9.17) is 4.74 Å². The zero-order valence-corrected chi connectivity index (χ0v) is 13.5. The van der Waals surface area contributed by atoms with Gasteiger partial charge in [-0.1, -0.05) is 13.8 Å². The van der Waals surface area contributed by atoms with E-state index in [1.807, 2.05) is 18.7 Å². The highest BCUT2D eigenvalue weighted by Crippen LogP contribution is 2.49. The summed E-state index contributed by atoms with van der Waals surface area (Å²) in [5.41, 5.74) is -0.475. The lowest BCUT2D eigenvalue weighted by molar-refractivity contribution is -0.140. The zero-order chi connectivity index (χ0) is 15.5. The lowest BCUT2D eigenvalue weighted by atomic mass is 9.90. The largest absolute Gasteiger partial charge is 0.385 e. The highest BCUT2D eigenvalue weighted by atomic mass is 16.5. The summed E-state index contributed by atoms with van der Waals surface area (Å²) in [6.07, 6.45) is 5.03. The number of hydrogen-bond donors (Lipinski definition) is 1. The predicted molar refractivity (Wildman–Crippen MR) is 80.8 cm³/mol. The van der Waals surface area contributed by atoms with Gasteiger partial charge in [0.2, 0.25) is 11.8 Å². The van der Waals surface area contributed by atoms with Crippen LogP contribution in [0.5, 0.6) is 0 Å². The number of ether oxygens (including phenoxy) is 1. The normalized spacial score (nSPS) is 23.7. The molecule has 5 nitrogen and oxygen atoms in total. The van der Waals surface area contributed by atoms with Gasteiger partial charge in [0.1, 0.15) is 5.54 Å². The Morgan fingerprint density at radius 1 is 1.24 bits per heavy atom. The Morgan fingerprint density at radius 2 is 1.90 bits per heavy atom. The van der Waals surface area contributed by atoms with E-state index in [1.54, 1.807) is 7.11 Å². The Hall–Kier alpha value is -1.10. The molecule has 2 aliphatic rings. The van der Waals surface area contributed by atoms with E-state index in [9.17, 15) is 9.59 Å². The van der Waals surface area contributed by atoms with Gasteiger partial charge in [-0.05, 0) is 37.5 Å². The van der Waals surface area contributed by atoms with Crippen LogP contribution in [0.3, 0.4) is 0 Å². The molecule has 0 atom stereocenters. The molecule has 1 N–H and O–H groups in total. The maximum Gasteiger partial charge on any atom is 0.248 e. The van der Waals surface area contributed by atoms with E-state index < -0.39 is 5.54 Å². The molecular formula is C16H28N2O3. The fourth-order valence-corrected chi connectivity index (χ4v) is 3.29. The second kappa shape index (κ2) is 6.34. The fraction of sp³-hybridized carbons (Fsp3) is 0.875. The first-order valence-electron chi connectivity index (χ1n) is 8.10. The summed E-state index contributed by atoms with van der Waals surface area (Å²) in [5.74, 6) is 0.0957. The van der Waals surface area contributed by atoms with Gasteiger partial charge >= 0.3 is 0 Å². The van der Waals surface area contributed by atoms with Crippen LogP contribution in [0.1, 0.15) is 52.4 Å². The average molecular weight is 296 g/mol. The van der Waals surface area contributed by atoms with Gasteiger partial charge in [-0.15, -0.1) is 0 Å². The van der Waals surface area contributed by atoms with Crippen LogP contribution in [0.4, 0.5) is 0 Å². The van der Waals surface area contributed by atoms with Gasteiger partial charge < -0.3 is 15.0 Å². The van der Waals surface area contributed by atoms with Gasteiger partial charge in [-0.25, -0.2) is 0 Å².